The first-order valence-corrected chi connectivity index (χ1v) is 13.2. The maximum absolute atomic E-state index is 4.48. The molecule has 140 valence electrons. The Bertz CT molecular complexity index is 644. The SMILES string of the molecule is C=NP(N=C)(N=C)=N[P+](C)(N=P(N=C)(N=C)N=C)N=P(N=C)(N=C)N=C. The Labute approximate surface area is 154 Å². The fourth-order valence-electron chi connectivity index (χ4n) is 1.39. The summed E-state index contributed by atoms with van der Waals surface area (Å²) in [7, 11) is -12.5. The molecule has 0 rings (SSSR count). The van der Waals surface area contributed by atoms with E-state index in [0.29, 0.717) is 0 Å². The van der Waals surface area contributed by atoms with Crippen molar-refractivity contribution in [2.24, 2.45) is 56.4 Å². The highest BCUT2D eigenvalue weighted by atomic mass is 31.3. The van der Waals surface area contributed by atoms with Gasteiger partial charge in [0.05, 0.1) is 0 Å². The van der Waals surface area contributed by atoms with Crippen LogP contribution in [-0.2, 0) is 0 Å². The van der Waals surface area contributed by atoms with E-state index in [2.05, 4.69) is 117 Å². The van der Waals surface area contributed by atoms with E-state index in [9.17, 15) is 0 Å². The van der Waals surface area contributed by atoms with Crippen LogP contribution in [0.3, 0.4) is 0 Å². The zero-order valence-corrected chi connectivity index (χ0v) is 18.1. The topological polar surface area (TPSA) is 148 Å². The van der Waals surface area contributed by atoms with Crippen LogP contribution in [0.2, 0.25) is 0 Å². The summed E-state index contributed by atoms with van der Waals surface area (Å²) in [5.74, 6) is 0. The van der Waals surface area contributed by atoms with Crippen LogP contribution in [0.15, 0.2) is 56.4 Å². The van der Waals surface area contributed by atoms with Gasteiger partial charge >= 0.3 is 30.2 Å². The van der Waals surface area contributed by atoms with Gasteiger partial charge in [-0.2, -0.15) is 0 Å². The van der Waals surface area contributed by atoms with E-state index in [1.807, 2.05) is 0 Å². The molecule has 0 radical (unpaired) electrons. The highest BCUT2D eigenvalue weighted by Gasteiger charge is 2.43. The van der Waals surface area contributed by atoms with Crippen molar-refractivity contribution >= 4 is 90.7 Å². The Kier molecular flexibility index (Phi) is 9.05. The predicted octanol–water partition coefficient (Wildman–Crippen LogP) is 5.52. The molecule has 0 aromatic heterocycles. The van der Waals surface area contributed by atoms with Gasteiger partial charge in [-0.05, 0) is 74.0 Å². The normalized spacial score (nSPS) is 11.9. The van der Waals surface area contributed by atoms with E-state index in [4.69, 9.17) is 0 Å². The molecule has 16 heteroatoms. The number of nitrogens with zero attached hydrogens (tertiary/aromatic N) is 12. The van der Waals surface area contributed by atoms with Crippen molar-refractivity contribution in [3.8, 4) is 0 Å². The summed E-state index contributed by atoms with van der Waals surface area (Å²) in [5, 5.41) is 0. The third kappa shape index (κ3) is 5.32. The minimum Gasteiger partial charge on any atom is -0.218 e. The van der Waals surface area contributed by atoms with E-state index in [-0.39, 0.29) is 0 Å². The molecule has 0 aliphatic rings. The Morgan fingerprint density at radius 3 is 0.692 bits per heavy atom. The fourth-order valence-corrected chi connectivity index (χ4v) is 11.1. The second-order valence-corrected chi connectivity index (χ2v) is 13.7. The molecule has 0 unspecified atom stereocenters. The van der Waals surface area contributed by atoms with Gasteiger partial charge in [-0.25, -0.2) is 42.9 Å². The van der Waals surface area contributed by atoms with Gasteiger partial charge < -0.3 is 0 Å². The monoisotopic (exact) mass is 433 g/mol. The first-order chi connectivity index (χ1) is 12.2. The molecule has 0 N–H and O–H groups in total. The molecule has 0 bridgehead atoms. The van der Waals surface area contributed by atoms with Gasteiger partial charge in [0.1, 0.15) is 6.66 Å². The minimum atomic E-state index is -3.16. The average Bonchev–Trinajstić information content (AvgIpc) is 2.69. The molecular weight excluding hydrogens is 412 g/mol. The summed E-state index contributed by atoms with van der Waals surface area (Å²) in [6.45, 7) is 32.6. The first kappa shape index (κ1) is 24.1. The van der Waals surface area contributed by atoms with Crippen LogP contribution in [-0.4, -0.2) is 67.1 Å². The Hall–Kier alpha value is -1.85. The second-order valence-electron chi connectivity index (χ2n) is 4.02. The predicted molar refractivity (Wildman–Crippen MR) is 127 cm³/mol. The lowest BCUT2D eigenvalue weighted by atomic mass is 11.8. The smallest absolute Gasteiger partial charge is 0.218 e. The lowest BCUT2D eigenvalue weighted by Gasteiger charge is -2.15. The third-order valence-electron chi connectivity index (χ3n) is 2.58. The molecule has 0 saturated heterocycles. The molecule has 0 aliphatic heterocycles. The van der Waals surface area contributed by atoms with Gasteiger partial charge in [-0.3, -0.25) is 0 Å². The lowest BCUT2D eigenvalue weighted by Crippen LogP contribution is -1.82. The van der Waals surface area contributed by atoms with Crippen LogP contribution >= 0.6 is 30.2 Å². The number of rotatable bonds is 12. The third-order valence-corrected chi connectivity index (χ3v) is 12.9. The zero-order chi connectivity index (χ0) is 20.5. The van der Waals surface area contributed by atoms with Gasteiger partial charge in [0.15, 0.2) is 0 Å². The molecule has 0 aromatic carbocycles. The fraction of sp³-hybridized carbons (Fsp3) is 0.100. The summed E-state index contributed by atoms with van der Waals surface area (Å²) < 4.78 is 48.1. The molecule has 0 aliphatic carbocycles. The highest BCUT2D eigenvalue weighted by molar-refractivity contribution is 7.86. The van der Waals surface area contributed by atoms with Crippen LogP contribution in [0, 0.1) is 0 Å². The van der Waals surface area contributed by atoms with Gasteiger partial charge in [-0.1, -0.05) is 0 Å². The van der Waals surface area contributed by atoms with Crippen molar-refractivity contribution in [2.75, 3.05) is 6.66 Å². The van der Waals surface area contributed by atoms with Crippen molar-refractivity contribution < 1.29 is 0 Å². The number of hydrogen-bond donors (Lipinski definition) is 0. The first-order valence-electron chi connectivity index (χ1n) is 6.29. The van der Waals surface area contributed by atoms with Crippen LogP contribution < -0.4 is 0 Å². The van der Waals surface area contributed by atoms with Crippen molar-refractivity contribution in [2.45, 2.75) is 0 Å². The molecule has 26 heavy (non-hydrogen) atoms. The minimum absolute atomic E-state index is 1.58. The van der Waals surface area contributed by atoms with Crippen molar-refractivity contribution in [1.29, 1.82) is 0 Å². The molecule has 12 nitrogen and oxygen atoms in total. The Morgan fingerprint density at radius 2 is 0.577 bits per heavy atom. The van der Waals surface area contributed by atoms with Crippen LogP contribution in [0.4, 0.5) is 0 Å². The molecule has 0 fully saturated rings. The zero-order valence-electron chi connectivity index (χ0n) is 14.5. The van der Waals surface area contributed by atoms with E-state index in [0.717, 1.165) is 0 Å². The molecule has 0 heterocycles. The van der Waals surface area contributed by atoms with Gasteiger partial charge in [-0.15, -0.1) is 0 Å². The quantitative estimate of drug-likeness (QED) is 0.281. The highest BCUT2D eigenvalue weighted by Crippen LogP contribution is 2.80. The van der Waals surface area contributed by atoms with Gasteiger partial charge in [0.2, 0.25) is 0 Å². The van der Waals surface area contributed by atoms with Crippen molar-refractivity contribution in [3.05, 3.63) is 0 Å². The van der Waals surface area contributed by atoms with E-state index in [1.54, 1.807) is 6.66 Å². The van der Waals surface area contributed by atoms with Crippen LogP contribution in [0.1, 0.15) is 0 Å². The largest absolute Gasteiger partial charge is 0.376 e. The van der Waals surface area contributed by atoms with E-state index in [1.165, 1.54) is 0 Å². The summed E-state index contributed by atoms with van der Waals surface area (Å²) in [6, 6.07) is 0. The Morgan fingerprint density at radius 1 is 0.423 bits per heavy atom. The molecule has 0 aromatic rings. The lowest BCUT2D eigenvalue weighted by molar-refractivity contribution is 1.49. The summed E-state index contributed by atoms with van der Waals surface area (Å²) >= 11 is 0. The summed E-state index contributed by atoms with van der Waals surface area (Å²) in [6.07, 6.45) is 0. The van der Waals surface area contributed by atoms with Crippen LogP contribution in [0.25, 0.3) is 0 Å². The van der Waals surface area contributed by atoms with Gasteiger partial charge in [0.25, 0.3) is 0 Å². The van der Waals surface area contributed by atoms with E-state index < -0.39 is 30.2 Å². The molecule has 0 saturated carbocycles. The maximum atomic E-state index is 4.48. The second kappa shape index (κ2) is 9.74. The van der Waals surface area contributed by atoms with Gasteiger partial charge in [0, 0.05) is 0 Å². The summed E-state index contributed by atoms with van der Waals surface area (Å²) in [4.78, 5) is 0. The average molecular weight is 433 g/mol. The molecule has 0 atom stereocenters. The van der Waals surface area contributed by atoms with Crippen LogP contribution in [0.5, 0.6) is 0 Å². The van der Waals surface area contributed by atoms with Crippen molar-refractivity contribution in [3.63, 3.8) is 0 Å². The molecular formula is C10H21N12P4+. The Balaban J connectivity index is 7.49. The van der Waals surface area contributed by atoms with Crippen molar-refractivity contribution in [1.82, 2.24) is 0 Å². The maximum Gasteiger partial charge on any atom is 0.376 e. The summed E-state index contributed by atoms with van der Waals surface area (Å²) in [5.41, 5.74) is 0. The van der Waals surface area contributed by atoms with E-state index >= 15 is 0 Å². The molecule has 0 amide bonds. The molecule has 0 spiro atoms. The standard InChI is InChI=1S/C10H21N12P4/c1-11-24(12-2,13-3)20-23(10,21-25(14-4,15-5)16-6)22-26(17-7,18-8)19-9/h1-9H2,10H3/q+1. The number of hydrogen-bond acceptors (Lipinski definition) is 3.